The molecule has 1 aromatic carbocycles. The molecule has 1 aromatic rings. The molecule has 1 heterocycles. The molecule has 0 aromatic heterocycles. The summed E-state index contributed by atoms with van der Waals surface area (Å²) in [6, 6.07) is 7.45. The maximum atomic E-state index is 13.3. The first-order chi connectivity index (χ1) is 8.22. The lowest BCUT2D eigenvalue weighted by Gasteiger charge is -2.40. The van der Waals surface area contributed by atoms with Crippen LogP contribution in [0, 0.1) is 11.7 Å². The fourth-order valence-electron chi connectivity index (χ4n) is 2.73. The Morgan fingerprint density at radius 1 is 1.47 bits per heavy atom. The lowest BCUT2D eigenvalue weighted by Crippen LogP contribution is -2.48. The standard InChI is InChI=1S/C14H21FN2/c1-3-17(13-6-4-5-12(15)9-13)14-7-8-16-10-11(14)2/h4-6,9,11,14,16H,3,7-8,10H2,1-2H3. The van der Waals surface area contributed by atoms with E-state index >= 15 is 0 Å². The Hall–Kier alpha value is -1.09. The Balaban J connectivity index is 2.20. The highest BCUT2D eigenvalue weighted by Gasteiger charge is 2.26. The number of nitrogens with zero attached hydrogens (tertiary/aromatic N) is 1. The minimum atomic E-state index is -0.150. The van der Waals surface area contributed by atoms with E-state index in [0.29, 0.717) is 12.0 Å². The first-order valence-electron chi connectivity index (χ1n) is 6.45. The molecule has 1 saturated heterocycles. The van der Waals surface area contributed by atoms with Gasteiger partial charge in [0.2, 0.25) is 0 Å². The Bertz CT molecular complexity index is 367. The van der Waals surface area contributed by atoms with Gasteiger partial charge < -0.3 is 10.2 Å². The Morgan fingerprint density at radius 2 is 2.29 bits per heavy atom. The predicted octanol–water partition coefficient (Wildman–Crippen LogP) is 2.65. The number of halogens is 1. The third-order valence-electron chi connectivity index (χ3n) is 3.62. The van der Waals surface area contributed by atoms with Crippen LogP contribution in [0.2, 0.25) is 0 Å². The van der Waals surface area contributed by atoms with E-state index in [9.17, 15) is 4.39 Å². The Labute approximate surface area is 103 Å². The summed E-state index contributed by atoms with van der Waals surface area (Å²) in [7, 11) is 0. The second-order valence-corrected chi connectivity index (χ2v) is 4.80. The molecule has 2 unspecified atom stereocenters. The number of anilines is 1. The summed E-state index contributed by atoms with van der Waals surface area (Å²) in [4.78, 5) is 2.33. The molecule has 0 aliphatic carbocycles. The molecule has 17 heavy (non-hydrogen) atoms. The van der Waals surface area contributed by atoms with E-state index in [-0.39, 0.29) is 5.82 Å². The molecule has 2 nitrogen and oxygen atoms in total. The summed E-state index contributed by atoms with van der Waals surface area (Å²) in [5.41, 5.74) is 1.01. The second kappa shape index (κ2) is 5.50. The van der Waals surface area contributed by atoms with Crippen molar-refractivity contribution in [1.82, 2.24) is 5.32 Å². The topological polar surface area (TPSA) is 15.3 Å². The minimum Gasteiger partial charge on any atom is -0.368 e. The summed E-state index contributed by atoms with van der Waals surface area (Å²) >= 11 is 0. The number of piperidine rings is 1. The van der Waals surface area contributed by atoms with Crippen LogP contribution >= 0.6 is 0 Å². The highest BCUT2D eigenvalue weighted by atomic mass is 19.1. The van der Waals surface area contributed by atoms with E-state index in [1.54, 1.807) is 12.1 Å². The summed E-state index contributed by atoms with van der Waals surface area (Å²) < 4.78 is 13.3. The number of rotatable bonds is 3. The van der Waals surface area contributed by atoms with Gasteiger partial charge in [-0.1, -0.05) is 13.0 Å². The molecule has 0 radical (unpaired) electrons. The van der Waals surface area contributed by atoms with Gasteiger partial charge in [-0.05, 0) is 50.6 Å². The number of hydrogen-bond acceptors (Lipinski definition) is 2. The largest absolute Gasteiger partial charge is 0.368 e. The van der Waals surface area contributed by atoms with Gasteiger partial charge in [0.15, 0.2) is 0 Å². The van der Waals surface area contributed by atoms with Crippen molar-refractivity contribution in [3.8, 4) is 0 Å². The fourth-order valence-corrected chi connectivity index (χ4v) is 2.73. The molecule has 1 fully saturated rings. The van der Waals surface area contributed by atoms with Crippen LogP contribution in [0.4, 0.5) is 10.1 Å². The van der Waals surface area contributed by atoms with Gasteiger partial charge in [-0.25, -0.2) is 4.39 Å². The highest BCUT2D eigenvalue weighted by Crippen LogP contribution is 2.25. The van der Waals surface area contributed by atoms with Crippen molar-refractivity contribution in [3.05, 3.63) is 30.1 Å². The summed E-state index contributed by atoms with van der Waals surface area (Å²) in [6.45, 7) is 7.44. The van der Waals surface area contributed by atoms with Gasteiger partial charge in [0.25, 0.3) is 0 Å². The lowest BCUT2D eigenvalue weighted by molar-refractivity contribution is 0.332. The zero-order valence-corrected chi connectivity index (χ0v) is 10.6. The summed E-state index contributed by atoms with van der Waals surface area (Å²) in [5, 5.41) is 3.41. The molecule has 1 aliphatic rings. The van der Waals surface area contributed by atoms with Gasteiger partial charge in [0.05, 0.1) is 0 Å². The van der Waals surface area contributed by atoms with E-state index in [2.05, 4.69) is 24.1 Å². The number of nitrogens with one attached hydrogen (secondary N) is 1. The van der Waals surface area contributed by atoms with E-state index in [1.807, 2.05) is 6.07 Å². The van der Waals surface area contributed by atoms with Crippen LogP contribution in [-0.4, -0.2) is 25.7 Å². The van der Waals surface area contributed by atoms with Crippen molar-refractivity contribution in [2.24, 2.45) is 5.92 Å². The maximum Gasteiger partial charge on any atom is 0.125 e. The molecule has 3 heteroatoms. The molecule has 0 amide bonds. The van der Waals surface area contributed by atoms with Crippen LogP contribution in [0.15, 0.2) is 24.3 Å². The first kappa shape index (κ1) is 12.4. The van der Waals surface area contributed by atoms with Crippen molar-refractivity contribution in [2.45, 2.75) is 26.3 Å². The van der Waals surface area contributed by atoms with Crippen LogP contribution in [0.1, 0.15) is 20.3 Å². The van der Waals surface area contributed by atoms with E-state index in [1.165, 1.54) is 6.07 Å². The lowest BCUT2D eigenvalue weighted by atomic mass is 9.93. The molecular weight excluding hydrogens is 215 g/mol. The minimum absolute atomic E-state index is 0.150. The van der Waals surface area contributed by atoms with Crippen molar-refractivity contribution < 1.29 is 4.39 Å². The monoisotopic (exact) mass is 236 g/mol. The normalized spacial score (nSPS) is 24.6. The molecule has 2 rings (SSSR count). The van der Waals surface area contributed by atoms with E-state index in [0.717, 1.165) is 31.7 Å². The van der Waals surface area contributed by atoms with Crippen molar-refractivity contribution in [1.29, 1.82) is 0 Å². The third-order valence-corrected chi connectivity index (χ3v) is 3.62. The second-order valence-electron chi connectivity index (χ2n) is 4.80. The van der Waals surface area contributed by atoms with Crippen LogP contribution in [0.5, 0.6) is 0 Å². The van der Waals surface area contributed by atoms with E-state index < -0.39 is 0 Å². The van der Waals surface area contributed by atoms with Gasteiger partial charge >= 0.3 is 0 Å². The molecule has 0 bridgehead atoms. The van der Waals surface area contributed by atoms with Gasteiger partial charge in [-0.3, -0.25) is 0 Å². The maximum absolute atomic E-state index is 13.3. The molecule has 0 saturated carbocycles. The van der Waals surface area contributed by atoms with Crippen LogP contribution < -0.4 is 10.2 Å². The van der Waals surface area contributed by atoms with Gasteiger partial charge in [-0.15, -0.1) is 0 Å². The van der Waals surface area contributed by atoms with Crippen LogP contribution in [0.3, 0.4) is 0 Å². The molecular formula is C14H21FN2. The zero-order valence-electron chi connectivity index (χ0n) is 10.6. The van der Waals surface area contributed by atoms with Crippen molar-refractivity contribution in [3.63, 3.8) is 0 Å². The molecule has 2 atom stereocenters. The summed E-state index contributed by atoms with van der Waals surface area (Å²) in [5.74, 6) is 0.453. The summed E-state index contributed by atoms with van der Waals surface area (Å²) in [6.07, 6.45) is 1.13. The SMILES string of the molecule is CCN(c1cccc(F)c1)C1CCNCC1C. The Kier molecular flexibility index (Phi) is 4.00. The fraction of sp³-hybridized carbons (Fsp3) is 0.571. The molecule has 94 valence electrons. The van der Waals surface area contributed by atoms with E-state index in [4.69, 9.17) is 0 Å². The average molecular weight is 236 g/mol. The number of benzene rings is 1. The van der Waals surface area contributed by atoms with Gasteiger partial charge in [0, 0.05) is 18.3 Å². The first-order valence-corrected chi connectivity index (χ1v) is 6.45. The van der Waals surface area contributed by atoms with Gasteiger partial charge in [0.1, 0.15) is 5.82 Å². The van der Waals surface area contributed by atoms with Crippen molar-refractivity contribution >= 4 is 5.69 Å². The predicted molar refractivity (Wildman–Crippen MR) is 69.9 cm³/mol. The smallest absolute Gasteiger partial charge is 0.125 e. The Morgan fingerprint density at radius 3 is 2.94 bits per heavy atom. The van der Waals surface area contributed by atoms with Crippen LogP contribution in [-0.2, 0) is 0 Å². The zero-order chi connectivity index (χ0) is 12.3. The van der Waals surface area contributed by atoms with Crippen LogP contribution in [0.25, 0.3) is 0 Å². The van der Waals surface area contributed by atoms with Gasteiger partial charge in [-0.2, -0.15) is 0 Å². The quantitative estimate of drug-likeness (QED) is 0.868. The molecule has 1 N–H and O–H groups in total. The molecule has 1 aliphatic heterocycles. The average Bonchev–Trinajstić information content (AvgIpc) is 2.33. The third kappa shape index (κ3) is 2.78. The highest BCUT2D eigenvalue weighted by molar-refractivity contribution is 5.47. The van der Waals surface area contributed by atoms with Crippen molar-refractivity contribution in [2.75, 3.05) is 24.5 Å². The molecule has 0 spiro atoms. The number of hydrogen-bond donors (Lipinski definition) is 1.